The van der Waals surface area contributed by atoms with Crippen LogP contribution in [0.3, 0.4) is 0 Å². The molecule has 1 aliphatic carbocycles. The number of ketones is 1. The molecule has 7 heteroatoms. The number of phenolic OH excluding ortho intramolecular Hbond substituents is 6. The summed E-state index contributed by atoms with van der Waals surface area (Å²) in [5, 5.41) is 61.2. The summed E-state index contributed by atoms with van der Waals surface area (Å²) in [7, 11) is 0. The van der Waals surface area contributed by atoms with Crippen molar-refractivity contribution in [2.24, 2.45) is 0 Å². The Hall–Kier alpha value is -4.65. The van der Waals surface area contributed by atoms with Crippen LogP contribution in [0.1, 0.15) is 50.4 Å². The number of hydrogen-bond donors (Lipinski definition) is 6. The van der Waals surface area contributed by atoms with Gasteiger partial charge >= 0.3 is 0 Å². The van der Waals surface area contributed by atoms with Gasteiger partial charge in [-0.1, -0.05) is 12.1 Å². The summed E-state index contributed by atoms with van der Waals surface area (Å²) >= 11 is 0. The normalized spacial score (nSPS) is 18.8. The Morgan fingerprint density at radius 3 is 1.71 bits per heavy atom. The topological polar surface area (TPSA) is 138 Å². The summed E-state index contributed by atoms with van der Waals surface area (Å²) in [6.45, 7) is 0. The van der Waals surface area contributed by atoms with E-state index in [0.717, 1.165) is 0 Å². The zero-order valence-electron chi connectivity index (χ0n) is 18.3. The summed E-state index contributed by atoms with van der Waals surface area (Å²) in [6.07, 6.45) is 0. The first-order valence-corrected chi connectivity index (χ1v) is 10.9. The molecule has 4 aromatic carbocycles. The fraction of sp³-hybridized carbons (Fsp3) is 0.107. The summed E-state index contributed by atoms with van der Waals surface area (Å²) in [5.41, 5.74) is 2.28. The monoisotopic (exact) mass is 470 g/mol. The number of fused-ring (bicyclic) bond motifs is 1. The number of aromatic hydroxyl groups is 6. The van der Waals surface area contributed by atoms with Crippen LogP contribution in [0.25, 0.3) is 0 Å². The minimum absolute atomic E-state index is 0.0000785. The van der Waals surface area contributed by atoms with Crippen molar-refractivity contribution in [3.63, 3.8) is 0 Å². The molecule has 35 heavy (non-hydrogen) atoms. The second-order valence-electron chi connectivity index (χ2n) is 8.73. The zero-order chi connectivity index (χ0) is 24.9. The number of rotatable bonds is 4. The van der Waals surface area contributed by atoms with E-state index >= 15 is 0 Å². The van der Waals surface area contributed by atoms with Crippen LogP contribution in [0.4, 0.5) is 0 Å². The molecule has 176 valence electrons. The average molecular weight is 470 g/mol. The molecule has 0 aliphatic heterocycles. The first kappa shape index (κ1) is 22.2. The molecular weight excluding hydrogens is 448 g/mol. The summed E-state index contributed by atoms with van der Waals surface area (Å²) in [6, 6.07) is 18.9. The van der Waals surface area contributed by atoms with E-state index in [-0.39, 0.29) is 40.3 Å². The summed E-state index contributed by atoms with van der Waals surface area (Å²) < 4.78 is 0. The number of hydrogen-bond acceptors (Lipinski definition) is 7. The van der Waals surface area contributed by atoms with Crippen molar-refractivity contribution >= 4 is 5.78 Å². The van der Waals surface area contributed by atoms with Crippen molar-refractivity contribution in [2.75, 3.05) is 0 Å². The van der Waals surface area contributed by atoms with E-state index in [0.29, 0.717) is 27.8 Å². The van der Waals surface area contributed by atoms with Crippen LogP contribution in [0, 0.1) is 0 Å². The molecule has 0 saturated heterocycles. The van der Waals surface area contributed by atoms with Crippen LogP contribution in [-0.2, 0) is 0 Å². The molecule has 0 bridgehead atoms. The van der Waals surface area contributed by atoms with Crippen LogP contribution in [0.15, 0.2) is 78.9 Å². The highest BCUT2D eigenvalue weighted by molar-refractivity contribution is 6.03. The van der Waals surface area contributed by atoms with Gasteiger partial charge in [-0.15, -0.1) is 0 Å². The summed E-state index contributed by atoms with van der Waals surface area (Å²) in [5.74, 6) is -3.29. The van der Waals surface area contributed by atoms with Gasteiger partial charge in [0.15, 0.2) is 5.78 Å². The molecule has 6 N–H and O–H groups in total. The van der Waals surface area contributed by atoms with Crippen molar-refractivity contribution in [3.8, 4) is 34.5 Å². The van der Waals surface area contributed by atoms with Gasteiger partial charge < -0.3 is 30.6 Å². The first-order chi connectivity index (χ1) is 16.7. The molecule has 0 saturated carbocycles. The standard InChI is InChI=1S/C28H22O7/c29-17-5-1-14(2-6-17)24-25(16-9-19(31)11-20(32)10-16)27(22-12-21(33)13-23(34)26(22)24)28(35)15-3-7-18(30)8-4-15/h1-13,24-25,27,29-34H/t24-,25-,27+/m0/s1. The van der Waals surface area contributed by atoms with E-state index in [9.17, 15) is 35.4 Å². The van der Waals surface area contributed by atoms with Crippen LogP contribution in [0.2, 0.25) is 0 Å². The molecule has 0 spiro atoms. The second kappa shape index (κ2) is 8.29. The number of benzene rings is 4. The molecule has 4 aromatic rings. The molecule has 1 aliphatic rings. The minimum Gasteiger partial charge on any atom is -0.508 e. The number of carbonyl (C=O) groups excluding carboxylic acids is 1. The lowest BCUT2D eigenvalue weighted by Gasteiger charge is -2.26. The average Bonchev–Trinajstić information content (AvgIpc) is 3.14. The Morgan fingerprint density at radius 2 is 1.11 bits per heavy atom. The van der Waals surface area contributed by atoms with Crippen LogP contribution >= 0.6 is 0 Å². The van der Waals surface area contributed by atoms with Gasteiger partial charge in [-0.2, -0.15) is 0 Å². The Bertz CT molecular complexity index is 1410. The minimum atomic E-state index is -0.910. The molecule has 3 atom stereocenters. The molecular formula is C28H22O7. The highest BCUT2D eigenvalue weighted by Crippen LogP contribution is 2.59. The molecule has 0 unspecified atom stereocenters. The highest BCUT2D eigenvalue weighted by Gasteiger charge is 2.48. The van der Waals surface area contributed by atoms with Gasteiger partial charge in [0.1, 0.15) is 34.5 Å². The van der Waals surface area contributed by atoms with E-state index in [1.165, 1.54) is 66.7 Å². The van der Waals surface area contributed by atoms with E-state index in [4.69, 9.17) is 0 Å². The van der Waals surface area contributed by atoms with Gasteiger partial charge in [0, 0.05) is 35.1 Å². The fourth-order valence-corrected chi connectivity index (χ4v) is 5.17. The number of Topliss-reactive ketones (excluding diaryl/α,β-unsaturated/α-hetero) is 1. The van der Waals surface area contributed by atoms with Crippen LogP contribution in [0.5, 0.6) is 34.5 Å². The molecule has 0 heterocycles. The SMILES string of the molecule is O=C(c1ccc(O)cc1)[C@@H]1c2cc(O)cc(O)c2[C@@H](c2ccc(O)cc2)[C@@H]1c1cc(O)cc(O)c1. The van der Waals surface area contributed by atoms with Gasteiger partial charge in [0.05, 0.1) is 5.92 Å². The fourth-order valence-electron chi connectivity index (χ4n) is 5.17. The Labute approximate surface area is 200 Å². The van der Waals surface area contributed by atoms with Gasteiger partial charge in [-0.05, 0) is 71.3 Å². The third kappa shape index (κ3) is 3.87. The zero-order valence-corrected chi connectivity index (χ0v) is 18.3. The van der Waals surface area contributed by atoms with E-state index in [2.05, 4.69) is 0 Å². The molecule has 0 radical (unpaired) electrons. The third-order valence-electron chi connectivity index (χ3n) is 6.54. The van der Waals surface area contributed by atoms with Crippen LogP contribution in [-0.4, -0.2) is 36.4 Å². The maximum absolute atomic E-state index is 13.9. The first-order valence-electron chi connectivity index (χ1n) is 10.9. The van der Waals surface area contributed by atoms with Crippen LogP contribution < -0.4 is 0 Å². The van der Waals surface area contributed by atoms with Crippen molar-refractivity contribution in [2.45, 2.75) is 17.8 Å². The Balaban J connectivity index is 1.80. The second-order valence-corrected chi connectivity index (χ2v) is 8.73. The lowest BCUT2D eigenvalue weighted by molar-refractivity contribution is 0.0949. The Kier molecular flexibility index (Phi) is 5.25. The molecule has 0 aromatic heterocycles. The molecule has 0 fully saturated rings. The van der Waals surface area contributed by atoms with E-state index in [1.807, 2.05) is 0 Å². The predicted octanol–water partition coefficient (Wildman–Crippen LogP) is 4.82. The maximum Gasteiger partial charge on any atom is 0.170 e. The lowest BCUT2D eigenvalue weighted by Crippen LogP contribution is -2.19. The Morgan fingerprint density at radius 1 is 0.571 bits per heavy atom. The van der Waals surface area contributed by atoms with Crippen molar-refractivity contribution < 1.29 is 35.4 Å². The quantitative estimate of drug-likeness (QED) is 0.235. The van der Waals surface area contributed by atoms with Crippen molar-refractivity contribution in [3.05, 3.63) is 107 Å². The van der Waals surface area contributed by atoms with Gasteiger partial charge in [0.2, 0.25) is 0 Å². The van der Waals surface area contributed by atoms with E-state index in [1.54, 1.807) is 12.1 Å². The number of carbonyl (C=O) groups is 1. The van der Waals surface area contributed by atoms with Gasteiger partial charge in [-0.3, -0.25) is 4.79 Å². The van der Waals surface area contributed by atoms with Crippen molar-refractivity contribution in [1.29, 1.82) is 0 Å². The smallest absolute Gasteiger partial charge is 0.170 e. The van der Waals surface area contributed by atoms with E-state index < -0.39 is 17.8 Å². The maximum atomic E-state index is 13.9. The predicted molar refractivity (Wildman–Crippen MR) is 127 cm³/mol. The molecule has 0 amide bonds. The molecule has 5 rings (SSSR count). The third-order valence-corrected chi connectivity index (χ3v) is 6.54. The lowest BCUT2D eigenvalue weighted by atomic mass is 9.75. The molecule has 7 nitrogen and oxygen atoms in total. The summed E-state index contributed by atoms with van der Waals surface area (Å²) in [4.78, 5) is 13.9. The van der Waals surface area contributed by atoms with Crippen molar-refractivity contribution in [1.82, 2.24) is 0 Å². The van der Waals surface area contributed by atoms with Gasteiger partial charge in [-0.25, -0.2) is 0 Å². The number of phenols is 6. The highest BCUT2D eigenvalue weighted by atomic mass is 16.3. The van der Waals surface area contributed by atoms with Gasteiger partial charge in [0.25, 0.3) is 0 Å². The largest absolute Gasteiger partial charge is 0.508 e.